The van der Waals surface area contributed by atoms with E-state index in [9.17, 15) is 0 Å². The molecule has 0 spiro atoms. The third-order valence-electron chi connectivity index (χ3n) is 8.16. The van der Waals surface area contributed by atoms with E-state index in [4.69, 9.17) is 4.74 Å². The van der Waals surface area contributed by atoms with Crippen LogP contribution in [0.5, 0.6) is 5.75 Å². The molecule has 3 rings (SSSR count). The molecule has 2 fully saturated rings. The lowest BCUT2D eigenvalue weighted by Gasteiger charge is -2.38. The number of hydrogen-bond donors (Lipinski definition) is 0. The highest BCUT2D eigenvalue weighted by Crippen LogP contribution is 2.44. The van der Waals surface area contributed by atoms with Crippen molar-refractivity contribution in [3.8, 4) is 5.75 Å². The summed E-state index contributed by atoms with van der Waals surface area (Å²) in [4.78, 5) is 0. The van der Waals surface area contributed by atoms with Crippen LogP contribution in [-0.2, 0) is 0 Å². The molecular formula is C29H48O. The highest BCUT2D eigenvalue weighted by atomic mass is 16.5. The zero-order chi connectivity index (χ0) is 21.0. The molecule has 0 atom stereocenters. The van der Waals surface area contributed by atoms with Crippen molar-refractivity contribution >= 4 is 0 Å². The minimum Gasteiger partial charge on any atom is -0.494 e. The normalized spacial score (nSPS) is 27.1. The van der Waals surface area contributed by atoms with Gasteiger partial charge >= 0.3 is 0 Å². The van der Waals surface area contributed by atoms with Crippen molar-refractivity contribution in [3.63, 3.8) is 0 Å². The third-order valence-corrected chi connectivity index (χ3v) is 8.16. The van der Waals surface area contributed by atoms with E-state index in [1.807, 2.05) is 0 Å². The molecule has 1 heteroatoms. The molecule has 0 radical (unpaired) electrons. The van der Waals surface area contributed by atoms with E-state index < -0.39 is 0 Å². The maximum atomic E-state index is 5.93. The molecule has 0 amide bonds. The minimum atomic E-state index is 0.783. The fourth-order valence-corrected chi connectivity index (χ4v) is 6.11. The number of rotatable bonds is 12. The van der Waals surface area contributed by atoms with Crippen LogP contribution in [0.1, 0.15) is 128 Å². The second-order valence-electron chi connectivity index (χ2n) is 10.4. The first-order valence-electron chi connectivity index (χ1n) is 13.5. The van der Waals surface area contributed by atoms with Gasteiger partial charge in [-0.25, -0.2) is 0 Å². The van der Waals surface area contributed by atoms with Gasteiger partial charge in [-0.2, -0.15) is 0 Å². The lowest BCUT2D eigenvalue weighted by molar-refractivity contribution is 0.155. The van der Waals surface area contributed by atoms with Crippen LogP contribution in [0.15, 0.2) is 24.3 Å². The molecule has 2 aliphatic rings. The summed E-state index contributed by atoms with van der Waals surface area (Å²) in [5.41, 5.74) is 1.55. The summed E-state index contributed by atoms with van der Waals surface area (Å²) < 4.78 is 5.93. The van der Waals surface area contributed by atoms with Crippen LogP contribution in [0.2, 0.25) is 0 Å². The largest absolute Gasteiger partial charge is 0.494 e. The van der Waals surface area contributed by atoms with Crippen molar-refractivity contribution in [3.05, 3.63) is 29.8 Å². The summed E-state index contributed by atoms with van der Waals surface area (Å²) >= 11 is 0. The van der Waals surface area contributed by atoms with E-state index >= 15 is 0 Å². The first kappa shape index (κ1) is 23.7. The van der Waals surface area contributed by atoms with Gasteiger partial charge in [0, 0.05) is 0 Å². The fraction of sp³-hybridized carbons (Fsp3) is 0.793. The van der Waals surface area contributed by atoms with Crippen LogP contribution in [0, 0.1) is 17.8 Å². The van der Waals surface area contributed by atoms with Gasteiger partial charge in [-0.15, -0.1) is 0 Å². The highest BCUT2D eigenvalue weighted by Gasteiger charge is 2.31. The van der Waals surface area contributed by atoms with Gasteiger partial charge in [-0.1, -0.05) is 83.8 Å². The van der Waals surface area contributed by atoms with Crippen molar-refractivity contribution in [1.82, 2.24) is 0 Å². The maximum Gasteiger partial charge on any atom is 0.119 e. The molecule has 2 saturated carbocycles. The molecule has 170 valence electrons. The Kier molecular flexibility index (Phi) is 10.6. The Hall–Kier alpha value is -0.980. The van der Waals surface area contributed by atoms with Gasteiger partial charge in [0.05, 0.1) is 6.61 Å². The fourth-order valence-electron chi connectivity index (χ4n) is 6.11. The van der Waals surface area contributed by atoms with Crippen LogP contribution in [0.3, 0.4) is 0 Å². The summed E-state index contributed by atoms with van der Waals surface area (Å²) in [6, 6.07) is 9.10. The summed E-state index contributed by atoms with van der Waals surface area (Å²) in [6.07, 6.45) is 22.7. The summed E-state index contributed by atoms with van der Waals surface area (Å²) in [6.45, 7) is 5.45. The van der Waals surface area contributed by atoms with Crippen LogP contribution in [0.25, 0.3) is 0 Å². The Balaban J connectivity index is 1.34. The van der Waals surface area contributed by atoms with Crippen molar-refractivity contribution in [2.75, 3.05) is 6.61 Å². The quantitative estimate of drug-likeness (QED) is 0.311. The van der Waals surface area contributed by atoms with E-state index in [-0.39, 0.29) is 0 Å². The van der Waals surface area contributed by atoms with Crippen LogP contribution < -0.4 is 4.74 Å². The first-order valence-corrected chi connectivity index (χ1v) is 13.5. The molecule has 0 bridgehead atoms. The van der Waals surface area contributed by atoms with Gasteiger partial charge in [-0.05, 0) is 86.3 Å². The van der Waals surface area contributed by atoms with E-state index in [0.717, 1.165) is 36.0 Å². The molecule has 1 aromatic rings. The van der Waals surface area contributed by atoms with E-state index in [1.54, 1.807) is 5.56 Å². The number of ether oxygens (including phenoxy) is 1. The Morgan fingerprint density at radius 2 is 1.27 bits per heavy atom. The smallest absolute Gasteiger partial charge is 0.119 e. The molecular weight excluding hydrogens is 364 g/mol. The summed E-state index contributed by atoms with van der Waals surface area (Å²) in [7, 11) is 0. The monoisotopic (exact) mass is 412 g/mol. The molecule has 2 aliphatic carbocycles. The molecule has 0 aliphatic heterocycles. The second-order valence-corrected chi connectivity index (χ2v) is 10.4. The average molecular weight is 413 g/mol. The zero-order valence-corrected chi connectivity index (χ0v) is 20.0. The standard InChI is InChI=1S/C29H48O/c1-3-5-7-9-23-30-29-21-19-28(20-22-29)27-17-15-26(16-18-27)25-13-11-24(12-14-25)10-8-6-4-2/h19-22,24-27H,3-18,23H2,1-2H3/t24-,25-,26-,27-. The summed E-state index contributed by atoms with van der Waals surface area (Å²) in [5.74, 6) is 4.95. The minimum absolute atomic E-state index is 0.783. The Bertz CT molecular complexity index is 546. The number of benzene rings is 1. The van der Waals surface area contributed by atoms with Crippen molar-refractivity contribution in [2.24, 2.45) is 17.8 Å². The SMILES string of the molecule is CCCCCCOc1ccc([C@H]2CC[C@H]([C@H]3CC[C@H](CCCCC)CC3)CC2)cc1. The molecule has 1 aromatic carbocycles. The Morgan fingerprint density at radius 3 is 1.90 bits per heavy atom. The molecule has 0 saturated heterocycles. The van der Waals surface area contributed by atoms with Gasteiger partial charge in [0.2, 0.25) is 0 Å². The van der Waals surface area contributed by atoms with E-state index in [2.05, 4.69) is 38.1 Å². The lowest BCUT2D eigenvalue weighted by Crippen LogP contribution is -2.25. The van der Waals surface area contributed by atoms with E-state index in [0.29, 0.717) is 0 Å². The Labute approximate surface area is 187 Å². The molecule has 0 heterocycles. The topological polar surface area (TPSA) is 9.23 Å². The average Bonchev–Trinajstić information content (AvgIpc) is 2.80. The number of hydrogen-bond acceptors (Lipinski definition) is 1. The van der Waals surface area contributed by atoms with Gasteiger partial charge in [-0.3, -0.25) is 0 Å². The molecule has 1 nitrogen and oxygen atoms in total. The lowest BCUT2D eigenvalue weighted by atomic mass is 9.68. The van der Waals surface area contributed by atoms with Gasteiger partial charge in [0.15, 0.2) is 0 Å². The number of unbranched alkanes of at least 4 members (excludes halogenated alkanes) is 5. The van der Waals surface area contributed by atoms with Crippen LogP contribution in [0.4, 0.5) is 0 Å². The molecule has 0 N–H and O–H groups in total. The molecule has 0 aromatic heterocycles. The molecule has 0 unspecified atom stereocenters. The predicted molar refractivity (Wildman–Crippen MR) is 130 cm³/mol. The predicted octanol–water partition coefficient (Wildman–Crippen LogP) is 9.31. The van der Waals surface area contributed by atoms with Gasteiger partial charge in [0.1, 0.15) is 5.75 Å². The second kappa shape index (κ2) is 13.4. The van der Waals surface area contributed by atoms with Crippen LogP contribution in [-0.4, -0.2) is 6.61 Å². The van der Waals surface area contributed by atoms with Crippen molar-refractivity contribution in [2.45, 2.75) is 122 Å². The Morgan fingerprint density at radius 1 is 0.667 bits per heavy atom. The molecule has 30 heavy (non-hydrogen) atoms. The summed E-state index contributed by atoms with van der Waals surface area (Å²) in [5, 5.41) is 0. The van der Waals surface area contributed by atoms with Crippen LogP contribution >= 0.6 is 0 Å². The van der Waals surface area contributed by atoms with E-state index in [1.165, 1.54) is 103 Å². The van der Waals surface area contributed by atoms with Crippen molar-refractivity contribution < 1.29 is 4.74 Å². The third kappa shape index (κ3) is 7.61. The zero-order valence-electron chi connectivity index (χ0n) is 20.0. The highest BCUT2D eigenvalue weighted by molar-refractivity contribution is 5.29. The van der Waals surface area contributed by atoms with Gasteiger partial charge < -0.3 is 4.74 Å². The van der Waals surface area contributed by atoms with Crippen molar-refractivity contribution in [1.29, 1.82) is 0 Å². The maximum absolute atomic E-state index is 5.93. The first-order chi connectivity index (χ1) is 14.8. The van der Waals surface area contributed by atoms with Gasteiger partial charge in [0.25, 0.3) is 0 Å².